The fourth-order valence-electron chi connectivity index (χ4n) is 1.54. The molecule has 0 fully saturated rings. The van der Waals surface area contributed by atoms with Gasteiger partial charge in [-0.25, -0.2) is 8.78 Å². The van der Waals surface area contributed by atoms with Crippen molar-refractivity contribution in [3.63, 3.8) is 0 Å². The quantitative estimate of drug-likeness (QED) is 0.793. The molecule has 0 spiro atoms. The Morgan fingerprint density at radius 1 is 1.33 bits per heavy atom. The van der Waals surface area contributed by atoms with E-state index in [1.165, 1.54) is 0 Å². The van der Waals surface area contributed by atoms with E-state index in [4.69, 9.17) is 0 Å². The minimum Gasteiger partial charge on any atom is -0.317 e. The second-order valence-electron chi connectivity index (χ2n) is 3.83. The van der Waals surface area contributed by atoms with Crippen LogP contribution in [0.5, 0.6) is 0 Å². The van der Waals surface area contributed by atoms with Gasteiger partial charge in [0.1, 0.15) is 0 Å². The van der Waals surface area contributed by atoms with Crippen molar-refractivity contribution in [3.8, 4) is 0 Å². The first-order valence-electron chi connectivity index (χ1n) is 5.28. The van der Waals surface area contributed by atoms with Gasteiger partial charge >= 0.3 is 0 Å². The van der Waals surface area contributed by atoms with E-state index in [2.05, 4.69) is 5.32 Å². The summed E-state index contributed by atoms with van der Waals surface area (Å²) in [7, 11) is 0. The number of rotatable bonds is 5. The Morgan fingerprint density at radius 2 is 2.07 bits per heavy atom. The zero-order valence-corrected chi connectivity index (χ0v) is 9.19. The lowest BCUT2D eigenvalue weighted by atomic mass is 10.0. The maximum absolute atomic E-state index is 13.3. The van der Waals surface area contributed by atoms with Gasteiger partial charge in [0, 0.05) is 0 Å². The Bertz CT molecular complexity index is 312. The fourth-order valence-corrected chi connectivity index (χ4v) is 1.54. The van der Waals surface area contributed by atoms with Crippen molar-refractivity contribution in [1.82, 2.24) is 5.32 Å². The molecule has 0 aliphatic rings. The van der Waals surface area contributed by atoms with Crippen LogP contribution in [0.1, 0.15) is 19.4 Å². The minimum atomic E-state index is -0.761. The van der Waals surface area contributed by atoms with Crippen LogP contribution < -0.4 is 5.32 Å². The fraction of sp³-hybridized carbons (Fsp3) is 0.500. The van der Waals surface area contributed by atoms with Crippen LogP contribution in [0.4, 0.5) is 8.78 Å². The van der Waals surface area contributed by atoms with Gasteiger partial charge in [0.25, 0.3) is 0 Å². The van der Waals surface area contributed by atoms with Crippen LogP contribution in [0, 0.1) is 17.6 Å². The monoisotopic (exact) mass is 213 g/mol. The van der Waals surface area contributed by atoms with Crippen LogP contribution >= 0.6 is 0 Å². The topological polar surface area (TPSA) is 12.0 Å². The summed E-state index contributed by atoms with van der Waals surface area (Å²) in [4.78, 5) is 0. The lowest BCUT2D eigenvalue weighted by Crippen LogP contribution is -2.22. The third-order valence-corrected chi connectivity index (χ3v) is 2.34. The summed E-state index contributed by atoms with van der Waals surface area (Å²) in [5.41, 5.74) is 0.459. The third-order valence-electron chi connectivity index (χ3n) is 2.34. The molecule has 1 N–H and O–H groups in total. The second kappa shape index (κ2) is 5.81. The number of halogens is 2. The molecule has 0 heterocycles. The van der Waals surface area contributed by atoms with Crippen LogP contribution in [0.2, 0.25) is 0 Å². The zero-order chi connectivity index (χ0) is 11.3. The Morgan fingerprint density at radius 3 is 2.73 bits per heavy atom. The largest absolute Gasteiger partial charge is 0.317 e. The molecule has 1 atom stereocenters. The van der Waals surface area contributed by atoms with Gasteiger partial charge in [-0.3, -0.25) is 0 Å². The number of benzene rings is 1. The Hall–Kier alpha value is -0.960. The van der Waals surface area contributed by atoms with E-state index < -0.39 is 11.6 Å². The first-order valence-corrected chi connectivity index (χ1v) is 5.28. The Kier molecular flexibility index (Phi) is 4.69. The van der Waals surface area contributed by atoms with Gasteiger partial charge in [-0.15, -0.1) is 0 Å². The molecule has 1 rings (SSSR count). The van der Waals surface area contributed by atoms with E-state index in [-0.39, 0.29) is 0 Å². The van der Waals surface area contributed by atoms with Crippen LogP contribution in [-0.2, 0) is 6.42 Å². The molecule has 1 aromatic rings. The Labute approximate surface area is 89.5 Å². The molecule has 0 aliphatic heterocycles. The molecule has 15 heavy (non-hydrogen) atoms. The van der Waals surface area contributed by atoms with Crippen molar-refractivity contribution in [2.45, 2.75) is 20.3 Å². The van der Waals surface area contributed by atoms with E-state index in [1.807, 2.05) is 13.8 Å². The van der Waals surface area contributed by atoms with Crippen LogP contribution in [-0.4, -0.2) is 13.1 Å². The molecule has 1 unspecified atom stereocenters. The summed E-state index contributed by atoms with van der Waals surface area (Å²) in [5.74, 6) is -1.16. The predicted molar refractivity (Wildman–Crippen MR) is 57.8 cm³/mol. The lowest BCUT2D eigenvalue weighted by Gasteiger charge is -2.12. The molecule has 0 saturated carbocycles. The van der Waals surface area contributed by atoms with Gasteiger partial charge in [-0.1, -0.05) is 26.0 Å². The first-order chi connectivity index (χ1) is 7.15. The normalized spacial score (nSPS) is 12.8. The molecular weight excluding hydrogens is 196 g/mol. The van der Waals surface area contributed by atoms with Gasteiger partial charge in [0.05, 0.1) is 0 Å². The van der Waals surface area contributed by atoms with Crippen molar-refractivity contribution in [2.24, 2.45) is 5.92 Å². The maximum Gasteiger partial charge on any atom is 0.162 e. The zero-order valence-electron chi connectivity index (χ0n) is 9.19. The molecule has 3 heteroatoms. The first kappa shape index (κ1) is 12.1. The van der Waals surface area contributed by atoms with Gasteiger partial charge in [0.15, 0.2) is 11.6 Å². The molecule has 84 valence electrons. The summed E-state index contributed by atoms with van der Waals surface area (Å²) >= 11 is 0. The van der Waals surface area contributed by atoms with Gasteiger partial charge < -0.3 is 5.32 Å². The highest BCUT2D eigenvalue weighted by Gasteiger charge is 2.10. The van der Waals surface area contributed by atoms with E-state index in [0.29, 0.717) is 17.9 Å². The highest BCUT2D eigenvalue weighted by atomic mass is 19.2. The summed E-state index contributed by atoms with van der Waals surface area (Å²) in [6.45, 7) is 5.77. The van der Waals surface area contributed by atoms with Crippen molar-refractivity contribution in [3.05, 3.63) is 35.4 Å². The minimum absolute atomic E-state index is 0.307. The number of hydrogen-bond donors (Lipinski definition) is 1. The molecule has 1 aromatic carbocycles. The van der Waals surface area contributed by atoms with Crippen LogP contribution in [0.15, 0.2) is 18.2 Å². The van der Waals surface area contributed by atoms with E-state index in [9.17, 15) is 8.78 Å². The molecular formula is C12H17F2N. The lowest BCUT2D eigenvalue weighted by molar-refractivity contribution is 0.473. The Balaban J connectivity index is 2.60. The van der Waals surface area contributed by atoms with Gasteiger partial charge in [0.2, 0.25) is 0 Å². The second-order valence-corrected chi connectivity index (χ2v) is 3.83. The molecule has 0 saturated heterocycles. The number of hydrogen-bond acceptors (Lipinski definition) is 1. The third kappa shape index (κ3) is 3.59. The van der Waals surface area contributed by atoms with E-state index in [0.717, 1.165) is 19.2 Å². The van der Waals surface area contributed by atoms with Crippen molar-refractivity contribution >= 4 is 0 Å². The molecule has 0 bridgehead atoms. The average Bonchev–Trinajstić information content (AvgIpc) is 2.22. The van der Waals surface area contributed by atoms with Crippen molar-refractivity contribution < 1.29 is 8.78 Å². The van der Waals surface area contributed by atoms with E-state index in [1.54, 1.807) is 12.1 Å². The van der Waals surface area contributed by atoms with Crippen molar-refractivity contribution in [2.75, 3.05) is 13.1 Å². The molecule has 1 nitrogen and oxygen atoms in total. The molecule has 0 aliphatic carbocycles. The van der Waals surface area contributed by atoms with Crippen LogP contribution in [0.3, 0.4) is 0 Å². The maximum atomic E-state index is 13.3. The highest BCUT2D eigenvalue weighted by Crippen LogP contribution is 2.15. The number of nitrogens with one attached hydrogen (secondary N) is 1. The average molecular weight is 213 g/mol. The van der Waals surface area contributed by atoms with Gasteiger partial charge in [-0.05, 0) is 37.1 Å². The summed E-state index contributed by atoms with van der Waals surface area (Å²) in [6.07, 6.45) is 0.566. The predicted octanol–water partition coefficient (Wildman–Crippen LogP) is 2.75. The van der Waals surface area contributed by atoms with E-state index >= 15 is 0 Å². The van der Waals surface area contributed by atoms with Gasteiger partial charge in [-0.2, -0.15) is 0 Å². The SMILES string of the molecule is CCNCC(C)Cc1cccc(F)c1F. The van der Waals surface area contributed by atoms with Crippen LogP contribution in [0.25, 0.3) is 0 Å². The van der Waals surface area contributed by atoms with Crippen molar-refractivity contribution in [1.29, 1.82) is 0 Å². The summed E-state index contributed by atoms with van der Waals surface area (Å²) < 4.78 is 26.2. The highest BCUT2D eigenvalue weighted by molar-refractivity contribution is 5.19. The summed E-state index contributed by atoms with van der Waals surface area (Å²) in [5, 5.41) is 3.19. The molecule has 0 radical (unpaired) electrons. The molecule has 0 amide bonds. The molecule has 0 aromatic heterocycles. The standard InChI is InChI=1S/C12H17F2N/c1-3-15-8-9(2)7-10-5-4-6-11(13)12(10)14/h4-6,9,15H,3,7-8H2,1-2H3. The summed E-state index contributed by atoms with van der Waals surface area (Å²) in [6, 6.07) is 4.34. The smallest absolute Gasteiger partial charge is 0.162 e.